The van der Waals surface area contributed by atoms with Crippen molar-refractivity contribution in [2.45, 2.75) is 19.4 Å². The second-order valence-corrected chi connectivity index (χ2v) is 8.88. The van der Waals surface area contributed by atoms with Crippen molar-refractivity contribution in [3.05, 3.63) is 99.2 Å². The highest BCUT2D eigenvalue weighted by Gasteiger charge is 2.39. The minimum absolute atomic E-state index is 0.0751. The third kappa shape index (κ3) is 3.77. The van der Waals surface area contributed by atoms with Crippen LogP contribution in [-0.4, -0.2) is 28.2 Å². The Bertz CT molecular complexity index is 1400. The number of anilines is 1. The van der Waals surface area contributed by atoms with Crippen LogP contribution in [0.1, 0.15) is 39.6 Å². The van der Waals surface area contributed by atoms with Crippen LogP contribution in [0.5, 0.6) is 0 Å². The number of halogens is 2. The molecule has 7 heteroatoms. The van der Waals surface area contributed by atoms with Gasteiger partial charge in [0.2, 0.25) is 5.91 Å². The van der Waals surface area contributed by atoms with Gasteiger partial charge in [-0.3, -0.25) is 9.59 Å². The zero-order valence-electron chi connectivity index (χ0n) is 17.9. The molecule has 0 unspecified atom stereocenters. The molecule has 0 saturated carbocycles. The Balaban J connectivity index is 1.46. The van der Waals surface area contributed by atoms with Crippen molar-refractivity contribution < 1.29 is 9.59 Å². The molecule has 0 fully saturated rings. The Labute approximate surface area is 201 Å². The number of carbonyl (C=O) groups excluding carboxylic acids is 2. The predicted octanol–water partition coefficient (Wildman–Crippen LogP) is 6.36. The van der Waals surface area contributed by atoms with Crippen LogP contribution >= 0.6 is 23.2 Å². The average Bonchev–Trinajstić information content (AvgIpc) is 3.28. The number of aryl methyl sites for hydroxylation is 1. The molecule has 1 aliphatic heterocycles. The van der Waals surface area contributed by atoms with Crippen molar-refractivity contribution in [3.8, 4) is 0 Å². The highest BCUT2D eigenvalue weighted by atomic mass is 35.5. The lowest BCUT2D eigenvalue weighted by atomic mass is 9.95. The van der Waals surface area contributed by atoms with Gasteiger partial charge in [-0.2, -0.15) is 0 Å². The molecule has 0 radical (unpaired) electrons. The molecule has 4 aromatic rings. The quantitative estimate of drug-likeness (QED) is 0.351. The SMILES string of the molecule is Cc1[nH]c2ccccc2c1[C@@H]1c2ccccc2C(=O)N1CCC(=O)Nc1cccc(Cl)c1Cl. The molecule has 1 atom stereocenters. The van der Waals surface area contributed by atoms with E-state index >= 15 is 0 Å². The summed E-state index contributed by atoms with van der Waals surface area (Å²) in [6, 6.07) is 20.5. The molecule has 0 bridgehead atoms. The number of para-hydroxylation sites is 1. The van der Waals surface area contributed by atoms with Crippen LogP contribution in [0, 0.1) is 6.92 Å². The van der Waals surface area contributed by atoms with Crippen molar-refractivity contribution in [3.63, 3.8) is 0 Å². The molecule has 2 heterocycles. The molecule has 166 valence electrons. The van der Waals surface area contributed by atoms with Crippen LogP contribution in [-0.2, 0) is 4.79 Å². The molecule has 1 aliphatic rings. The monoisotopic (exact) mass is 477 g/mol. The summed E-state index contributed by atoms with van der Waals surface area (Å²) in [6.07, 6.45) is 0.125. The highest BCUT2D eigenvalue weighted by molar-refractivity contribution is 6.44. The van der Waals surface area contributed by atoms with E-state index in [1.165, 1.54) is 0 Å². The smallest absolute Gasteiger partial charge is 0.255 e. The summed E-state index contributed by atoms with van der Waals surface area (Å²) in [4.78, 5) is 31.3. The number of carbonyl (C=O) groups is 2. The normalized spacial score (nSPS) is 15.2. The van der Waals surface area contributed by atoms with Gasteiger partial charge in [0.15, 0.2) is 0 Å². The van der Waals surface area contributed by atoms with Crippen molar-refractivity contribution >= 4 is 51.6 Å². The Morgan fingerprint density at radius 1 is 1.03 bits per heavy atom. The average molecular weight is 478 g/mol. The fraction of sp³-hybridized carbons (Fsp3) is 0.154. The lowest BCUT2D eigenvalue weighted by Gasteiger charge is -2.26. The molecule has 33 heavy (non-hydrogen) atoms. The van der Waals surface area contributed by atoms with Crippen LogP contribution in [0.4, 0.5) is 5.69 Å². The summed E-state index contributed by atoms with van der Waals surface area (Å²) in [5.41, 5.74) is 5.16. The minimum atomic E-state index is -0.271. The third-order valence-corrected chi connectivity index (χ3v) is 6.90. The summed E-state index contributed by atoms with van der Waals surface area (Å²) in [5, 5.41) is 4.54. The van der Waals surface area contributed by atoms with Gasteiger partial charge in [-0.05, 0) is 36.8 Å². The summed E-state index contributed by atoms with van der Waals surface area (Å²) in [6.45, 7) is 2.29. The predicted molar refractivity (Wildman–Crippen MR) is 132 cm³/mol. The first-order valence-electron chi connectivity index (χ1n) is 10.7. The van der Waals surface area contributed by atoms with E-state index in [1.54, 1.807) is 23.1 Å². The van der Waals surface area contributed by atoms with Gasteiger partial charge in [-0.25, -0.2) is 0 Å². The van der Waals surface area contributed by atoms with Crippen LogP contribution < -0.4 is 5.32 Å². The fourth-order valence-electron chi connectivity index (χ4n) is 4.60. The van der Waals surface area contributed by atoms with E-state index in [2.05, 4.69) is 16.4 Å². The Morgan fingerprint density at radius 3 is 2.64 bits per heavy atom. The van der Waals surface area contributed by atoms with Crippen molar-refractivity contribution in [1.29, 1.82) is 0 Å². The number of nitrogens with one attached hydrogen (secondary N) is 2. The number of aromatic nitrogens is 1. The first-order valence-corrected chi connectivity index (χ1v) is 11.4. The van der Waals surface area contributed by atoms with E-state index in [4.69, 9.17) is 23.2 Å². The topological polar surface area (TPSA) is 65.2 Å². The van der Waals surface area contributed by atoms with Crippen LogP contribution in [0.3, 0.4) is 0 Å². The molecule has 5 nitrogen and oxygen atoms in total. The summed E-state index contributed by atoms with van der Waals surface area (Å²) >= 11 is 12.2. The number of amides is 2. The Hall–Kier alpha value is -3.28. The molecule has 2 amide bonds. The highest BCUT2D eigenvalue weighted by Crippen LogP contribution is 2.42. The lowest BCUT2D eigenvalue weighted by Crippen LogP contribution is -2.32. The van der Waals surface area contributed by atoms with Gasteiger partial charge in [0, 0.05) is 40.7 Å². The van der Waals surface area contributed by atoms with Crippen molar-refractivity contribution in [2.75, 3.05) is 11.9 Å². The third-order valence-electron chi connectivity index (χ3n) is 6.08. The number of rotatable bonds is 5. The van der Waals surface area contributed by atoms with Gasteiger partial charge in [-0.1, -0.05) is 65.7 Å². The molecular formula is C26H21Cl2N3O2. The summed E-state index contributed by atoms with van der Waals surface area (Å²) < 4.78 is 0. The van der Waals surface area contributed by atoms with Crippen LogP contribution in [0.2, 0.25) is 10.0 Å². The number of benzene rings is 3. The van der Waals surface area contributed by atoms with Gasteiger partial charge in [0.05, 0.1) is 21.8 Å². The maximum absolute atomic E-state index is 13.4. The first kappa shape index (κ1) is 21.6. The standard InChI is InChI=1S/C26H21Cl2N3O2/c1-15-23(18-9-4-5-11-20(18)29-15)25-16-7-2-3-8-17(16)26(33)31(25)14-13-22(32)30-21-12-6-10-19(27)24(21)28/h2-12,25,29H,13-14H2,1H3,(H,30,32)/t25-/m0/s1. The minimum Gasteiger partial charge on any atom is -0.358 e. The Kier molecular flexibility index (Phi) is 5.60. The van der Waals surface area contributed by atoms with Gasteiger partial charge < -0.3 is 15.2 Å². The van der Waals surface area contributed by atoms with E-state index in [-0.39, 0.29) is 30.8 Å². The van der Waals surface area contributed by atoms with Crippen LogP contribution in [0.25, 0.3) is 10.9 Å². The second kappa shape index (κ2) is 8.58. The molecular weight excluding hydrogens is 457 g/mol. The molecule has 1 aromatic heterocycles. The first-order chi connectivity index (χ1) is 16.0. The van der Waals surface area contributed by atoms with Crippen molar-refractivity contribution in [2.24, 2.45) is 0 Å². The van der Waals surface area contributed by atoms with E-state index in [1.807, 2.05) is 49.4 Å². The molecule has 0 saturated heterocycles. The number of aromatic amines is 1. The van der Waals surface area contributed by atoms with Gasteiger partial charge in [0.25, 0.3) is 5.91 Å². The van der Waals surface area contributed by atoms with Gasteiger partial charge in [0.1, 0.15) is 0 Å². The number of H-pyrrole nitrogens is 1. The summed E-state index contributed by atoms with van der Waals surface area (Å²) in [7, 11) is 0. The van der Waals surface area contributed by atoms with Gasteiger partial charge >= 0.3 is 0 Å². The molecule has 5 rings (SSSR count). The second-order valence-electron chi connectivity index (χ2n) is 8.10. The maximum Gasteiger partial charge on any atom is 0.255 e. The van der Waals surface area contributed by atoms with Crippen molar-refractivity contribution in [1.82, 2.24) is 9.88 Å². The zero-order valence-corrected chi connectivity index (χ0v) is 19.4. The van der Waals surface area contributed by atoms with Gasteiger partial charge in [-0.15, -0.1) is 0 Å². The number of hydrogen-bond donors (Lipinski definition) is 2. The molecule has 3 aromatic carbocycles. The molecule has 0 spiro atoms. The molecule has 0 aliphatic carbocycles. The largest absolute Gasteiger partial charge is 0.358 e. The number of nitrogens with zero attached hydrogens (tertiary/aromatic N) is 1. The van der Waals surface area contributed by atoms with E-state index in [9.17, 15) is 9.59 Å². The number of hydrogen-bond acceptors (Lipinski definition) is 2. The van der Waals surface area contributed by atoms with E-state index < -0.39 is 0 Å². The van der Waals surface area contributed by atoms with E-state index in [0.29, 0.717) is 21.3 Å². The lowest BCUT2D eigenvalue weighted by molar-refractivity contribution is -0.116. The maximum atomic E-state index is 13.4. The van der Waals surface area contributed by atoms with E-state index in [0.717, 1.165) is 27.7 Å². The summed E-state index contributed by atoms with van der Waals surface area (Å²) in [5.74, 6) is -0.314. The zero-order chi connectivity index (χ0) is 23.1. The fourth-order valence-corrected chi connectivity index (χ4v) is 4.95. The number of fused-ring (bicyclic) bond motifs is 2. The van der Waals surface area contributed by atoms with Crippen LogP contribution in [0.15, 0.2) is 66.7 Å². The molecule has 2 N–H and O–H groups in total. The Morgan fingerprint density at radius 2 is 1.79 bits per heavy atom.